The van der Waals surface area contributed by atoms with Gasteiger partial charge in [0.1, 0.15) is 5.54 Å². The Balaban J connectivity index is 1.72. The zero-order valence-corrected chi connectivity index (χ0v) is 9.16. The van der Waals surface area contributed by atoms with Gasteiger partial charge in [0.05, 0.1) is 6.10 Å². The summed E-state index contributed by atoms with van der Waals surface area (Å²) in [5.74, 6) is -0.953. The highest BCUT2D eigenvalue weighted by atomic mass is 16.5. The Bertz CT molecular complexity index is 308. The van der Waals surface area contributed by atoms with E-state index in [0.717, 1.165) is 12.8 Å². The molecule has 90 valence electrons. The molecule has 2 fully saturated rings. The zero-order valence-electron chi connectivity index (χ0n) is 9.16. The summed E-state index contributed by atoms with van der Waals surface area (Å²) in [7, 11) is 1.64. The number of nitrogens with one attached hydrogen (secondary N) is 2. The number of ether oxygens (including phenoxy) is 1. The van der Waals surface area contributed by atoms with Crippen LogP contribution in [0.1, 0.15) is 25.7 Å². The third kappa shape index (κ3) is 2.11. The molecule has 0 atom stereocenters. The SMILES string of the molecule is COC1CC(NC(=O)NC2(C(=O)O)CC2)C1. The Labute approximate surface area is 93.3 Å². The fraction of sp³-hybridized carbons (Fsp3) is 0.800. The lowest BCUT2D eigenvalue weighted by atomic mass is 9.89. The number of hydrogen-bond donors (Lipinski definition) is 3. The predicted octanol–water partition coefficient (Wildman–Crippen LogP) is 0.0802. The first kappa shape index (κ1) is 11.2. The van der Waals surface area contributed by atoms with Gasteiger partial charge in [-0.25, -0.2) is 9.59 Å². The molecule has 16 heavy (non-hydrogen) atoms. The molecule has 2 amide bonds. The number of carboxylic acid groups (broad SMARTS) is 1. The van der Waals surface area contributed by atoms with Gasteiger partial charge < -0.3 is 20.5 Å². The van der Waals surface area contributed by atoms with Crippen LogP contribution in [0, 0.1) is 0 Å². The molecule has 2 aliphatic rings. The largest absolute Gasteiger partial charge is 0.480 e. The highest BCUT2D eigenvalue weighted by Crippen LogP contribution is 2.35. The molecule has 2 rings (SSSR count). The van der Waals surface area contributed by atoms with Crippen LogP contribution in [0.5, 0.6) is 0 Å². The molecular formula is C10H16N2O4. The number of carbonyl (C=O) groups is 2. The number of carbonyl (C=O) groups excluding carboxylic acids is 1. The molecular weight excluding hydrogens is 212 g/mol. The first-order chi connectivity index (χ1) is 7.55. The van der Waals surface area contributed by atoms with Gasteiger partial charge in [0.25, 0.3) is 0 Å². The second kappa shape index (κ2) is 3.93. The number of amides is 2. The Morgan fingerprint density at radius 2 is 2.00 bits per heavy atom. The molecule has 3 N–H and O–H groups in total. The van der Waals surface area contributed by atoms with E-state index in [1.54, 1.807) is 7.11 Å². The van der Waals surface area contributed by atoms with Gasteiger partial charge in [-0.3, -0.25) is 0 Å². The van der Waals surface area contributed by atoms with Crippen molar-refractivity contribution in [1.29, 1.82) is 0 Å². The third-order valence-electron chi connectivity index (χ3n) is 3.28. The van der Waals surface area contributed by atoms with E-state index in [2.05, 4.69) is 10.6 Å². The van der Waals surface area contributed by atoms with Crippen molar-refractivity contribution in [2.75, 3.05) is 7.11 Å². The summed E-state index contributed by atoms with van der Waals surface area (Å²) in [4.78, 5) is 22.3. The number of methoxy groups -OCH3 is 1. The van der Waals surface area contributed by atoms with Gasteiger partial charge in [0.15, 0.2) is 0 Å². The Hall–Kier alpha value is -1.30. The summed E-state index contributed by atoms with van der Waals surface area (Å²) in [5.41, 5.74) is -1.01. The van der Waals surface area contributed by atoms with Crippen molar-refractivity contribution in [2.24, 2.45) is 0 Å². The summed E-state index contributed by atoms with van der Waals surface area (Å²) < 4.78 is 5.08. The highest BCUT2D eigenvalue weighted by molar-refractivity contribution is 5.89. The molecule has 0 aromatic heterocycles. The zero-order chi connectivity index (χ0) is 11.8. The summed E-state index contributed by atoms with van der Waals surface area (Å²) >= 11 is 0. The van der Waals surface area contributed by atoms with Gasteiger partial charge in [-0.2, -0.15) is 0 Å². The van der Waals surface area contributed by atoms with E-state index in [0.29, 0.717) is 12.8 Å². The maximum Gasteiger partial charge on any atom is 0.329 e. The van der Waals surface area contributed by atoms with Crippen LogP contribution in [0.25, 0.3) is 0 Å². The van der Waals surface area contributed by atoms with Crippen LogP contribution in [-0.4, -0.2) is 41.9 Å². The molecule has 0 spiro atoms. The molecule has 0 aliphatic heterocycles. The van der Waals surface area contributed by atoms with Crippen molar-refractivity contribution < 1.29 is 19.4 Å². The number of urea groups is 1. The molecule has 6 heteroatoms. The lowest BCUT2D eigenvalue weighted by Crippen LogP contribution is -2.54. The van der Waals surface area contributed by atoms with E-state index in [1.807, 2.05) is 0 Å². The Morgan fingerprint density at radius 3 is 2.44 bits per heavy atom. The molecule has 0 heterocycles. The first-order valence-corrected chi connectivity index (χ1v) is 5.40. The molecule has 0 saturated heterocycles. The van der Waals surface area contributed by atoms with Gasteiger partial charge in [-0.15, -0.1) is 0 Å². The van der Waals surface area contributed by atoms with Crippen molar-refractivity contribution in [1.82, 2.24) is 10.6 Å². The number of aliphatic carboxylic acids is 1. The number of carboxylic acids is 1. The van der Waals surface area contributed by atoms with E-state index >= 15 is 0 Å². The van der Waals surface area contributed by atoms with E-state index < -0.39 is 11.5 Å². The van der Waals surface area contributed by atoms with Gasteiger partial charge >= 0.3 is 12.0 Å². The van der Waals surface area contributed by atoms with E-state index in [-0.39, 0.29) is 18.2 Å². The first-order valence-electron chi connectivity index (χ1n) is 5.40. The van der Waals surface area contributed by atoms with Crippen LogP contribution in [-0.2, 0) is 9.53 Å². The third-order valence-corrected chi connectivity index (χ3v) is 3.28. The topological polar surface area (TPSA) is 87.7 Å². The minimum atomic E-state index is -1.01. The van der Waals surface area contributed by atoms with Crippen molar-refractivity contribution in [3.05, 3.63) is 0 Å². The number of rotatable bonds is 4. The quantitative estimate of drug-likeness (QED) is 0.636. The molecule has 0 radical (unpaired) electrons. The molecule has 0 aromatic carbocycles. The van der Waals surface area contributed by atoms with Crippen LogP contribution in [0.15, 0.2) is 0 Å². The smallest absolute Gasteiger partial charge is 0.329 e. The lowest BCUT2D eigenvalue weighted by molar-refractivity contribution is -0.140. The second-order valence-corrected chi connectivity index (χ2v) is 4.51. The molecule has 0 aromatic rings. The second-order valence-electron chi connectivity index (χ2n) is 4.51. The van der Waals surface area contributed by atoms with Crippen LogP contribution in [0.2, 0.25) is 0 Å². The average molecular weight is 228 g/mol. The van der Waals surface area contributed by atoms with Gasteiger partial charge in [-0.1, -0.05) is 0 Å². The van der Waals surface area contributed by atoms with E-state index in [4.69, 9.17) is 9.84 Å². The van der Waals surface area contributed by atoms with Crippen molar-refractivity contribution in [3.63, 3.8) is 0 Å². The predicted molar refractivity (Wildman–Crippen MR) is 55.1 cm³/mol. The Morgan fingerprint density at radius 1 is 1.38 bits per heavy atom. The van der Waals surface area contributed by atoms with Crippen molar-refractivity contribution >= 4 is 12.0 Å². The van der Waals surface area contributed by atoms with Crippen molar-refractivity contribution in [2.45, 2.75) is 43.4 Å². The molecule has 2 saturated carbocycles. The minimum Gasteiger partial charge on any atom is -0.480 e. The van der Waals surface area contributed by atoms with Crippen LogP contribution < -0.4 is 10.6 Å². The normalized spacial score (nSPS) is 30.1. The summed E-state index contributed by atoms with van der Waals surface area (Å²) in [5, 5.41) is 14.1. The molecule has 6 nitrogen and oxygen atoms in total. The van der Waals surface area contributed by atoms with Gasteiger partial charge in [-0.05, 0) is 25.7 Å². The summed E-state index contributed by atoms with van der Waals surface area (Å²) in [6.07, 6.45) is 2.84. The fourth-order valence-corrected chi connectivity index (χ4v) is 1.83. The van der Waals surface area contributed by atoms with Crippen LogP contribution in [0.3, 0.4) is 0 Å². The highest BCUT2D eigenvalue weighted by Gasteiger charge is 2.52. The monoisotopic (exact) mass is 228 g/mol. The van der Waals surface area contributed by atoms with Gasteiger partial charge in [0.2, 0.25) is 0 Å². The summed E-state index contributed by atoms with van der Waals surface area (Å²) in [6.45, 7) is 0. The lowest BCUT2D eigenvalue weighted by Gasteiger charge is -2.34. The fourth-order valence-electron chi connectivity index (χ4n) is 1.83. The van der Waals surface area contributed by atoms with Crippen LogP contribution in [0.4, 0.5) is 4.79 Å². The molecule has 0 unspecified atom stereocenters. The van der Waals surface area contributed by atoms with E-state index in [1.165, 1.54) is 0 Å². The molecule has 0 bridgehead atoms. The van der Waals surface area contributed by atoms with E-state index in [9.17, 15) is 9.59 Å². The summed E-state index contributed by atoms with van der Waals surface area (Å²) in [6, 6.07) is -0.283. The van der Waals surface area contributed by atoms with Crippen LogP contribution >= 0.6 is 0 Å². The maximum atomic E-state index is 11.5. The van der Waals surface area contributed by atoms with Crippen molar-refractivity contribution in [3.8, 4) is 0 Å². The standard InChI is InChI=1S/C10H16N2O4/c1-16-7-4-6(5-7)11-9(15)12-10(2-3-10)8(13)14/h6-7H,2-5H2,1H3,(H,13,14)(H2,11,12,15). The maximum absolute atomic E-state index is 11.5. The molecule has 2 aliphatic carbocycles. The minimum absolute atomic E-state index is 0.106. The average Bonchev–Trinajstić information content (AvgIpc) is 2.91. The van der Waals surface area contributed by atoms with Gasteiger partial charge in [0, 0.05) is 13.2 Å². The Kier molecular flexibility index (Phi) is 2.75. The number of hydrogen-bond acceptors (Lipinski definition) is 3.